The predicted molar refractivity (Wildman–Crippen MR) is 85.2 cm³/mol. The van der Waals surface area contributed by atoms with Gasteiger partial charge in [0.15, 0.2) is 0 Å². The molecule has 3 unspecified atom stereocenters. The van der Waals surface area contributed by atoms with E-state index < -0.39 is 0 Å². The fourth-order valence-electron chi connectivity index (χ4n) is 5.10. The van der Waals surface area contributed by atoms with Crippen LogP contribution < -0.4 is 0 Å². The molecular formula is C19H34. The van der Waals surface area contributed by atoms with E-state index in [9.17, 15) is 0 Å². The Labute approximate surface area is 121 Å². The lowest BCUT2D eigenvalue weighted by Crippen LogP contribution is -2.45. The van der Waals surface area contributed by atoms with Crippen molar-refractivity contribution in [2.24, 2.45) is 22.7 Å². The highest BCUT2D eigenvalue weighted by Gasteiger charge is 2.50. The summed E-state index contributed by atoms with van der Waals surface area (Å²) in [4.78, 5) is 0. The van der Waals surface area contributed by atoms with Gasteiger partial charge < -0.3 is 0 Å². The number of hydrogen-bond donors (Lipinski definition) is 0. The Morgan fingerprint density at radius 1 is 1.05 bits per heavy atom. The molecule has 0 heteroatoms. The average Bonchev–Trinajstić information content (AvgIpc) is 2.88. The maximum Gasteiger partial charge on any atom is -0.0144 e. The van der Waals surface area contributed by atoms with Crippen LogP contribution in [0.15, 0.2) is 11.6 Å². The molecule has 0 bridgehead atoms. The van der Waals surface area contributed by atoms with Crippen LogP contribution in [0.2, 0.25) is 0 Å². The highest BCUT2D eigenvalue weighted by Crippen LogP contribution is 2.61. The second kappa shape index (κ2) is 5.62. The Morgan fingerprint density at radius 2 is 1.68 bits per heavy atom. The lowest BCUT2D eigenvalue weighted by molar-refractivity contribution is -0.00260. The molecule has 3 atom stereocenters. The van der Waals surface area contributed by atoms with Crippen molar-refractivity contribution in [3.05, 3.63) is 11.6 Å². The van der Waals surface area contributed by atoms with Crippen LogP contribution in [0.1, 0.15) is 86.0 Å². The minimum absolute atomic E-state index is 0.618. The van der Waals surface area contributed by atoms with E-state index in [-0.39, 0.29) is 0 Å². The standard InChI is InChI=1S/C17H28.C2H6/c1-13-6-7-14(2)16(3)10-11-17(12-15(13)16)8-4-5-9-17;1-2/h6,14-15H,4-5,7-12H2,1-3H3;1-2H3. The van der Waals surface area contributed by atoms with Crippen LogP contribution in [0.25, 0.3) is 0 Å². The molecule has 1 spiro atoms. The zero-order valence-corrected chi connectivity index (χ0v) is 13.9. The van der Waals surface area contributed by atoms with Crippen molar-refractivity contribution >= 4 is 0 Å². The van der Waals surface area contributed by atoms with Crippen LogP contribution >= 0.6 is 0 Å². The van der Waals surface area contributed by atoms with E-state index in [0.29, 0.717) is 5.41 Å². The fraction of sp³-hybridized carbons (Fsp3) is 0.895. The van der Waals surface area contributed by atoms with Gasteiger partial charge in [-0.05, 0) is 68.1 Å². The van der Waals surface area contributed by atoms with Crippen LogP contribution in [0, 0.1) is 22.7 Å². The summed E-state index contributed by atoms with van der Waals surface area (Å²) in [5.41, 5.74) is 3.10. The zero-order valence-electron chi connectivity index (χ0n) is 13.9. The van der Waals surface area contributed by atoms with Gasteiger partial charge in [0.1, 0.15) is 0 Å². The molecule has 0 saturated heterocycles. The minimum atomic E-state index is 0.618. The van der Waals surface area contributed by atoms with Crippen molar-refractivity contribution in [3.63, 3.8) is 0 Å². The van der Waals surface area contributed by atoms with Crippen LogP contribution in [0.3, 0.4) is 0 Å². The molecular weight excluding hydrogens is 228 g/mol. The quantitative estimate of drug-likeness (QED) is 0.445. The summed E-state index contributed by atoms with van der Waals surface area (Å²) in [5, 5.41) is 0. The van der Waals surface area contributed by atoms with E-state index in [4.69, 9.17) is 0 Å². The molecule has 110 valence electrons. The average molecular weight is 262 g/mol. The fourth-order valence-corrected chi connectivity index (χ4v) is 5.10. The van der Waals surface area contributed by atoms with Crippen molar-refractivity contribution < 1.29 is 0 Å². The summed E-state index contributed by atoms with van der Waals surface area (Å²) in [6.07, 6.45) is 14.5. The minimum Gasteiger partial charge on any atom is -0.0850 e. The van der Waals surface area contributed by atoms with E-state index in [0.717, 1.165) is 17.3 Å². The lowest BCUT2D eigenvalue weighted by Gasteiger charge is -2.54. The van der Waals surface area contributed by atoms with Crippen molar-refractivity contribution in [3.8, 4) is 0 Å². The normalized spacial score (nSPS) is 40.2. The van der Waals surface area contributed by atoms with Gasteiger partial charge in [-0.3, -0.25) is 0 Å². The molecule has 2 fully saturated rings. The monoisotopic (exact) mass is 262 g/mol. The van der Waals surface area contributed by atoms with Crippen molar-refractivity contribution in [2.75, 3.05) is 0 Å². The predicted octanol–water partition coefficient (Wildman–Crippen LogP) is 6.37. The number of allylic oxidation sites excluding steroid dienone is 2. The van der Waals surface area contributed by atoms with Crippen LogP contribution in [-0.2, 0) is 0 Å². The summed E-state index contributed by atoms with van der Waals surface area (Å²) in [6, 6.07) is 0. The molecule has 0 N–H and O–H groups in total. The van der Waals surface area contributed by atoms with E-state index in [1.807, 2.05) is 13.8 Å². The maximum atomic E-state index is 2.58. The van der Waals surface area contributed by atoms with Crippen LogP contribution in [-0.4, -0.2) is 0 Å². The smallest absolute Gasteiger partial charge is 0.0144 e. The molecule has 19 heavy (non-hydrogen) atoms. The van der Waals surface area contributed by atoms with Gasteiger partial charge in [0.25, 0.3) is 0 Å². The molecule has 3 rings (SSSR count). The Hall–Kier alpha value is -0.260. The van der Waals surface area contributed by atoms with Gasteiger partial charge in [-0.15, -0.1) is 0 Å². The van der Waals surface area contributed by atoms with Gasteiger partial charge in [0, 0.05) is 0 Å². The van der Waals surface area contributed by atoms with E-state index in [1.165, 1.54) is 51.4 Å². The first-order chi connectivity index (χ1) is 9.06. The second-order valence-corrected chi connectivity index (χ2v) is 7.55. The highest BCUT2D eigenvalue weighted by atomic mass is 14.6. The topological polar surface area (TPSA) is 0 Å². The largest absolute Gasteiger partial charge is 0.0850 e. The van der Waals surface area contributed by atoms with Gasteiger partial charge in [0.2, 0.25) is 0 Å². The SMILES string of the molecule is CC.CC1=CCC(C)C2(C)CCC3(CCCC3)CC12. The number of fused-ring (bicyclic) bond motifs is 1. The molecule has 0 heterocycles. The molecule has 0 aromatic rings. The van der Waals surface area contributed by atoms with E-state index in [1.54, 1.807) is 5.57 Å². The van der Waals surface area contributed by atoms with Crippen molar-refractivity contribution in [1.82, 2.24) is 0 Å². The van der Waals surface area contributed by atoms with Gasteiger partial charge >= 0.3 is 0 Å². The number of hydrogen-bond acceptors (Lipinski definition) is 0. The first-order valence-corrected chi connectivity index (χ1v) is 8.72. The number of rotatable bonds is 0. The molecule has 0 radical (unpaired) electrons. The summed E-state index contributed by atoms with van der Waals surface area (Å²) >= 11 is 0. The van der Waals surface area contributed by atoms with Gasteiger partial charge in [-0.25, -0.2) is 0 Å². The third kappa shape index (κ3) is 2.52. The van der Waals surface area contributed by atoms with Gasteiger partial charge in [-0.1, -0.05) is 52.2 Å². The molecule has 2 saturated carbocycles. The molecule has 3 aliphatic rings. The summed E-state index contributed by atoms with van der Waals surface area (Å²) in [5.74, 6) is 1.80. The molecule has 0 aromatic carbocycles. The van der Waals surface area contributed by atoms with E-state index >= 15 is 0 Å². The first-order valence-electron chi connectivity index (χ1n) is 8.72. The summed E-state index contributed by atoms with van der Waals surface area (Å²) in [7, 11) is 0. The summed E-state index contributed by atoms with van der Waals surface area (Å²) in [6.45, 7) is 11.5. The van der Waals surface area contributed by atoms with Crippen molar-refractivity contribution in [2.45, 2.75) is 86.0 Å². The third-order valence-electron chi connectivity index (χ3n) is 6.76. The molecule has 0 amide bonds. The van der Waals surface area contributed by atoms with Crippen molar-refractivity contribution in [1.29, 1.82) is 0 Å². The summed E-state index contributed by atoms with van der Waals surface area (Å²) < 4.78 is 0. The maximum absolute atomic E-state index is 2.58. The Morgan fingerprint density at radius 3 is 2.32 bits per heavy atom. The van der Waals surface area contributed by atoms with E-state index in [2.05, 4.69) is 26.8 Å². The van der Waals surface area contributed by atoms with Gasteiger partial charge in [0.05, 0.1) is 0 Å². The Kier molecular flexibility index (Phi) is 4.48. The molecule has 0 nitrogen and oxygen atoms in total. The van der Waals surface area contributed by atoms with Crippen LogP contribution in [0.4, 0.5) is 0 Å². The van der Waals surface area contributed by atoms with Gasteiger partial charge in [-0.2, -0.15) is 0 Å². The Bertz CT molecular complexity index is 332. The zero-order chi connectivity index (χ0) is 14.1. The Balaban J connectivity index is 0.000000637. The second-order valence-electron chi connectivity index (χ2n) is 7.55. The molecule has 3 aliphatic carbocycles. The third-order valence-corrected chi connectivity index (χ3v) is 6.76. The molecule has 0 aromatic heterocycles. The first kappa shape index (κ1) is 15.1. The lowest BCUT2D eigenvalue weighted by atomic mass is 9.50. The van der Waals surface area contributed by atoms with Crippen LogP contribution in [0.5, 0.6) is 0 Å². The molecule has 0 aliphatic heterocycles. The highest BCUT2D eigenvalue weighted by molar-refractivity contribution is 5.18.